The van der Waals surface area contributed by atoms with Gasteiger partial charge in [0.2, 0.25) is 17.7 Å². The van der Waals surface area contributed by atoms with Crippen molar-refractivity contribution in [2.24, 2.45) is 17.4 Å². The first kappa shape index (κ1) is 30.2. The normalized spacial score (nSPS) is 14.6. The topological polar surface area (TPSA) is 234 Å². The Morgan fingerprint density at radius 2 is 1.33 bits per heavy atom. The van der Waals surface area contributed by atoms with E-state index in [2.05, 4.69) is 10.6 Å². The number of amides is 3. The van der Waals surface area contributed by atoms with Crippen LogP contribution in [0.4, 0.5) is 0 Å². The van der Waals surface area contributed by atoms with Gasteiger partial charge < -0.3 is 42.7 Å². The van der Waals surface area contributed by atoms with Crippen molar-refractivity contribution in [3.63, 3.8) is 0 Å². The Labute approximate surface area is 192 Å². The third kappa shape index (κ3) is 12.7. The summed E-state index contributed by atoms with van der Waals surface area (Å²) in [5.74, 6) is -4.86. The van der Waals surface area contributed by atoms with Crippen molar-refractivity contribution in [1.82, 2.24) is 16.0 Å². The Bertz CT molecular complexity index is 673. The van der Waals surface area contributed by atoms with Crippen LogP contribution >= 0.6 is 0 Å². The molecular formula is C20H37N5O8. The Balaban J connectivity index is 5.47. The lowest BCUT2D eigenvalue weighted by Gasteiger charge is -2.25. The van der Waals surface area contributed by atoms with E-state index in [4.69, 9.17) is 26.8 Å². The fourth-order valence-corrected chi connectivity index (χ4v) is 2.92. The average Bonchev–Trinajstić information content (AvgIpc) is 2.72. The summed E-state index contributed by atoms with van der Waals surface area (Å²) in [6, 6.07) is -4.94. The zero-order valence-corrected chi connectivity index (χ0v) is 19.1. The predicted octanol–water partition coefficient (Wildman–Crippen LogP) is -2.12. The highest BCUT2D eigenvalue weighted by Gasteiger charge is 2.30. The summed E-state index contributed by atoms with van der Waals surface area (Å²) >= 11 is 0. The number of aliphatic carboxylic acids is 2. The van der Waals surface area contributed by atoms with Gasteiger partial charge >= 0.3 is 11.9 Å². The van der Waals surface area contributed by atoms with Gasteiger partial charge in [0, 0.05) is 6.42 Å². The summed E-state index contributed by atoms with van der Waals surface area (Å²) in [5, 5.41) is 34.0. The molecule has 0 heterocycles. The van der Waals surface area contributed by atoms with E-state index < -0.39 is 66.9 Å². The number of aliphatic hydroxyl groups is 1. The summed E-state index contributed by atoms with van der Waals surface area (Å²) in [4.78, 5) is 59.8. The van der Waals surface area contributed by atoms with Crippen LogP contribution in [-0.2, 0) is 24.0 Å². The molecule has 4 atom stereocenters. The molecule has 0 aromatic carbocycles. The van der Waals surface area contributed by atoms with Crippen LogP contribution < -0.4 is 27.4 Å². The van der Waals surface area contributed by atoms with Gasteiger partial charge in [-0.05, 0) is 44.6 Å². The molecule has 0 aromatic rings. The zero-order valence-electron chi connectivity index (χ0n) is 19.1. The van der Waals surface area contributed by atoms with Crippen LogP contribution in [0.1, 0.15) is 52.4 Å². The van der Waals surface area contributed by atoms with E-state index in [9.17, 15) is 24.0 Å². The van der Waals surface area contributed by atoms with Gasteiger partial charge in [-0.15, -0.1) is 0 Å². The summed E-state index contributed by atoms with van der Waals surface area (Å²) < 4.78 is 0. The Morgan fingerprint density at radius 3 is 1.79 bits per heavy atom. The van der Waals surface area contributed by atoms with E-state index in [1.807, 2.05) is 19.2 Å². The predicted molar refractivity (Wildman–Crippen MR) is 118 cm³/mol. The smallest absolute Gasteiger partial charge is 0.328 e. The number of carboxylic acids is 2. The number of aliphatic hydroxyl groups excluding tert-OH is 1. The summed E-state index contributed by atoms with van der Waals surface area (Å²) in [6.45, 7) is 3.25. The first-order valence-electron chi connectivity index (χ1n) is 10.8. The second kappa shape index (κ2) is 15.9. The summed E-state index contributed by atoms with van der Waals surface area (Å²) in [6.07, 6.45) is 0.845. The minimum atomic E-state index is -1.63. The molecule has 0 rings (SSSR count). The van der Waals surface area contributed by atoms with Gasteiger partial charge in [0.15, 0.2) is 0 Å². The molecule has 0 aliphatic rings. The quantitative estimate of drug-likeness (QED) is 0.106. The monoisotopic (exact) mass is 475 g/mol. The number of unbranched alkanes of at least 4 members (excludes halogenated alkanes) is 1. The highest BCUT2D eigenvalue weighted by Crippen LogP contribution is 2.07. The van der Waals surface area contributed by atoms with Crippen molar-refractivity contribution in [1.29, 1.82) is 0 Å². The van der Waals surface area contributed by atoms with Crippen LogP contribution in [0.15, 0.2) is 0 Å². The Kier molecular flexibility index (Phi) is 14.6. The number of carbonyl (C=O) groups excluding carboxylic acids is 3. The lowest BCUT2D eigenvalue weighted by atomic mass is 10.0. The molecular weight excluding hydrogens is 438 g/mol. The number of hydrogen-bond acceptors (Lipinski definition) is 8. The van der Waals surface area contributed by atoms with E-state index in [-0.39, 0.29) is 18.8 Å². The van der Waals surface area contributed by atoms with Gasteiger partial charge in [0.05, 0.1) is 12.6 Å². The first-order valence-corrected chi connectivity index (χ1v) is 10.8. The molecule has 0 saturated carbocycles. The fourth-order valence-electron chi connectivity index (χ4n) is 2.92. The lowest BCUT2D eigenvalue weighted by Crippen LogP contribution is -2.57. The fraction of sp³-hybridized carbons (Fsp3) is 0.750. The number of carbonyl (C=O) groups is 5. The maximum atomic E-state index is 12.9. The van der Waals surface area contributed by atoms with E-state index >= 15 is 0 Å². The minimum absolute atomic E-state index is 0.146. The molecule has 0 aliphatic carbocycles. The first-order chi connectivity index (χ1) is 15.4. The van der Waals surface area contributed by atoms with Crippen molar-refractivity contribution < 1.29 is 39.3 Å². The van der Waals surface area contributed by atoms with Crippen molar-refractivity contribution in [2.45, 2.75) is 76.5 Å². The number of nitrogens with one attached hydrogen (secondary N) is 3. The maximum Gasteiger partial charge on any atom is 0.328 e. The molecule has 0 radical (unpaired) electrons. The van der Waals surface area contributed by atoms with E-state index in [1.165, 1.54) is 0 Å². The summed E-state index contributed by atoms with van der Waals surface area (Å²) in [5.41, 5.74) is 11.4. The molecule has 4 unspecified atom stereocenters. The lowest BCUT2D eigenvalue weighted by molar-refractivity contribution is -0.144. The molecule has 0 aliphatic heterocycles. The van der Waals surface area contributed by atoms with Crippen LogP contribution in [-0.4, -0.2) is 82.3 Å². The highest BCUT2D eigenvalue weighted by atomic mass is 16.4. The highest BCUT2D eigenvalue weighted by molar-refractivity contribution is 5.94. The van der Waals surface area contributed by atoms with Crippen LogP contribution in [0.5, 0.6) is 0 Å². The molecule has 0 aromatic heterocycles. The molecule has 33 heavy (non-hydrogen) atoms. The number of hydrogen-bond donors (Lipinski definition) is 8. The third-order valence-electron chi connectivity index (χ3n) is 4.72. The van der Waals surface area contributed by atoms with Crippen LogP contribution in [0.3, 0.4) is 0 Å². The van der Waals surface area contributed by atoms with Gasteiger partial charge in [-0.3, -0.25) is 19.2 Å². The maximum absolute atomic E-state index is 12.9. The zero-order chi connectivity index (χ0) is 25.6. The molecule has 3 amide bonds. The second-order valence-corrected chi connectivity index (χ2v) is 8.16. The molecule has 0 fully saturated rings. The van der Waals surface area contributed by atoms with Gasteiger partial charge in [0.25, 0.3) is 0 Å². The molecule has 10 N–H and O–H groups in total. The van der Waals surface area contributed by atoms with E-state index in [1.54, 1.807) is 0 Å². The molecule has 13 nitrogen and oxygen atoms in total. The average molecular weight is 476 g/mol. The number of rotatable bonds is 17. The van der Waals surface area contributed by atoms with Gasteiger partial charge in [-0.25, -0.2) is 4.79 Å². The van der Waals surface area contributed by atoms with Crippen molar-refractivity contribution in [3.05, 3.63) is 0 Å². The number of carboxylic acid groups (broad SMARTS) is 2. The minimum Gasteiger partial charge on any atom is -0.481 e. The Hall–Kier alpha value is -2.77. The van der Waals surface area contributed by atoms with E-state index in [0.717, 1.165) is 0 Å². The second-order valence-electron chi connectivity index (χ2n) is 8.16. The molecule has 0 bridgehead atoms. The van der Waals surface area contributed by atoms with Gasteiger partial charge in [-0.2, -0.15) is 0 Å². The molecule has 0 spiro atoms. The third-order valence-corrected chi connectivity index (χ3v) is 4.72. The van der Waals surface area contributed by atoms with Gasteiger partial charge in [0.1, 0.15) is 18.1 Å². The van der Waals surface area contributed by atoms with Crippen LogP contribution in [0.2, 0.25) is 0 Å². The molecule has 190 valence electrons. The molecule has 0 saturated heterocycles. The van der Waals surface area contributed by atoms with Crippen molar-refractivity contribution in [3.8, 4) is 0 Å². The van der Waals surface area contributed by atoms with Crippen LogP contribution in [0, 0.1) is 5.92 Å². The van der Waals surface area contributed by atoms with Gasteiger partial charge in [-0.1, -0.05) is 13.8 Å². The SMILES string of the molecule is CC(C)CC(N)C(=O)NC(CCCCN)C(=O)NC(CCC(=O)O)C(=O)NC(CO)C(=O)O. The molecule has 13 heteroatoms. The number of nitrogens with two attached hydrogens (primary N) is 2. The summed E-state index contributed by atoms with van der Waals surface area (Å²) in [7, 11) is 0. The van der Waals surface area contributed by atoms with Crippen molar-refractivity contribution in [2.75, 3.05) is 13.2 Å². The standard InChI is InChI=1S/C20H37N5O8/c1-11(2)9-12(22)17(29)23-13(5-3-4-8-21)18(30)24-14(6-7-16(27)28)19(31)25-15(10-26)20(32)33/h11-15,26H,3-10,21-22H2,1-2H3,(H,23,29)(H,24,30)(H,25,31)(H,27,28)(H,32,33). The van der Waals surface area contributed by atoms with Crippen molar-refractivity contribution >= 4 is 29.7 Å². The van der Waals surface area contributed by atoms with E-state index in [0.29, 0.717) is 25.8 Å². The Morgan fingerprint density at radius 1 is 0.818 bits per heavy atom. The van der Waals surface area contributed by atoms with Crippen LogP contribution in [0.25, 0.3) is 0 Å². The largest absolute Gasteiger partial charge is 0.481 e.